The van der Waals surface area contributed by atoms with Gasteiger partial charge in [0.25, 0.3) is 0 Å². The summed E-state index contributed by atoms with van der Waals surface area (Å²) in [4.78, 5) is 0. The molecular weight excluding hydrogens is 333 g/mol. The first kappa shape index (κ1) is 14.5. The van der Waals surface area contributed by atoms with E-state index in [9.17, 15) is 4.39 Å². The van der Waals surface area contributed by atoms with Crippen LogP contribution in [0.2, 0.25) is 0 Å². The van der Waals surface area contributed by atoms with Crippen LogP contribution in [0.1, 0.15) is 29.7 Å². The molecule has 1 N–H and O–H groups in total. The molecule has 0 bridgehead atoms. The topological polar surface area (TPSA) is 21.3 Å². The third kappa shape index (κ3) is 2.83. The van der Waals surface area contributed by atoms with E-state index >= 15 is 0 Å². The van der Waals surface area contributed by atoms with E-state index in [0.29, 0.717) is 4.47 Å². The molecule has 2 aromatic rings. The van der Waals surface area contributed by atoms with Crippen molar-refractivity contribution >= 4 is 15.9 Å². The van der Waals surface area contributed by atoms with Crippen LogP contribution < -0.4 is 10.1 Å². The van der Waals surface area contributed by atoms with Crippen LogP contribution in [0.3, 0.4) is 0 Å². The van der Waals surface area contributed by atoms with Crippen molar-refractivity contribution in [3.05, 3.63) is 63.4 Å². The fourth-order valence-electron chi connectivity index (χ4n) is 2.77. The van der Waals surface area contributed by atoms with Gasteiger partial charge >= 0.3 is 0 Å². The van der Waals surface area contributed by atoms with E-state index in [4.69, 9.17) is 4.74 Å². The van der Waals surface area contributed by atoms with E-state index in [2.05, 4.69) is 46.4 Å². The summed E-state index contributed by atoms with van der Waals surface area (Å²) < 4.78 is 19.8. The first-order valence-corrected chi connectivity index (χ1v) is 7.93. The highest BCUT2D eigenvalue weighted by atomic mass is 79.9. The molecule has 1 aliphatic heterocycles. The molecule has 1 atom stereocenters. The number of nitrogens with one attached hydrogen (secondary N) is 1. The van der Waals surface area contributed by atoms with Gasteiger partial charge in [0.15, 0.2) is 0 Å². The Labute approximate surface area is 132 Å². The van der Waals surface area contributed by atoms with Gasteiger partial charge in [-0.05, 0) is 45.7 Å². The first-order valence-electron chi connectivity index (χ1n) is 7.13. The lowest BCUT2D eigenvalue weighted by molar-refractivity contribution is 0.350. The Bertz CT molecular complexity index is 659. The molecule has 21 heavy (non-hydrogen) atoms. The maximum Gasteiger partial charge on any atom is 0.137 e. The van der Waals surface area contributed by atoms with E-state index in [1.54, 1.807) is 0 Å². The average molecular weight is 350 g/mol. The molecule has 0 radical (unpaired) electrons. The van der Waals surface area contributed by atoms with Gasteiger partial charge in [-0.1, -0.05) is 31.2 Å². The summed E-state index contributed by atoms with van der Waals surface area (Å²) >= 11 is 3.27. The Balaban J connectivity index is 2.06. The number of hydrogen-bond acceptors (Lipinski definition) is 2. The van der Waals surface area contributed by atoms with Gasteiger partial charge in [0, 0.05) is 12.0 Å². The maximum absolute atomic E-state index is 13.5. The summed E-state index contributed by atoms with van der Waals surface area (Å²) in [6.45, 7) is 3.62. The summed E-state index contributed by atoms with van der Waals surface area (Å²) in [6.07, 6.45) is 0.954. The number of rotatable bonds is 4. The van der Waals surface area contributed by atoms with E-state index in [0.717, 1.165) is 36.4 Å². The Kier molecular flexibility index (Phi) is 4.27. The van der Waals surface area contributed by atoms with Gasteiger partial charge < -0.3 is 10.1 Å². The van der Waals surface area contributed by atoms with Crippen LogP contribution >= 0.6 is 15.9 Å². The molecule has 1 aliphatic rings. The zero-order chi connectivity index (χ0) is 14.8. The molecule has 0 fully saturated rings. The van der Waals surface area contributed by atoms with Crippen molar-refractivity contribution in [2.45, 2.75) is 19.4 Å². The normalized spacial score (nSPS) is 14.6. The third-order valence-electron chi connectivity index (χ3n) is 3.74. The molecule has 110 valence electrons. The number of para-hydroxylation sites is 1. The monoisotopic (exact) mass is 349 g/mol. The second-order valence-electron chi connectivity index (χ2n) is 5.10. The zero-order valence-corrected chi connectivity index (χ0v) is 13.4. The highest BCUT2D eigenvalue weighted by molar-refractivity contribution is 9.10. The van der Waals surface area contributed by atoms with Crippen molar-refractivity contribution in [2.75, 3.05) is 13.2 Å². The van der Waals surface area contributed by atoms with Crippen molar-refractivity contribution in [1.82, 2.24) is 5.32 Å². The van der Waals surface area contributed by atoms with Gasteiger partial charge in [-0.15, -0.1) is 0 Å². The maximum atomic E-state index is 13.5. The van der Waals surface area contributed by atoms with Crippen molar-refractivity contribution in [3.8, 4) is 5.75 Å². The Hall–Kier alpha value is -1.39. The Morgan fingerprint density at radius 1 is 1.33 bits per heavy atom. The van der Waals surface area contributed by atoms with Gasteiger partial charge in [0.2, 0.25) is 0 Å². The standard InChI is InChI=1S/C17H17BrFNO/c1-2-20-16(12-6-7-15(19)14(18)10-12)13-5-3-4-11-8-9-21-17(11)13/h3-7,10,16,20H,2,8-9H2,1H3. The lowest BCUT2D eigenvalue weighted by Crippen LogP contribution is -2.22. The second kappa shape index (κ2) is 6.16. The molecule has 0 aliphatic carbocycles. The molecular formula is C17H17BrFNO. The first-order chi connectivity index (χ1) is 10.2. The molecule has 3 rings (SSSR count). The van der Waals surface area contributed by atoms with Gasteiger partial charge in [0.1, 0.15) is 11.6 Å². The predicted molar refractivity (Wildman–Crippen MR) is 85.3 cm³/mol. The van der Waals surface area contributed by atoms with Crippen LogP contribution in [0, 0.1) is 5.82 Å². The lowest BCUT2D eigenvalue weighted by Gasteiger charge is -2.21. The van der Waals surface area contributed by atoms with Crippen LogP contribution in [0.5, 0.6) is 5.75 Å². The summed E-state index contributed by atoms with van der Waals surface area (Å²) in [5, 5.41) is 3.47. The molecule has 2 aromatic carbocycles. The molecule has 4 heteroatoms. The lowest BCUT2D eigenvalue weighted by atomic mass is 9.95. The molecule has 1 unspecified atom stereocenters. The minimum absolute atomic E-state index is 0.0000463. The zero-order valence-electron chi connectivity index (χ0n) is 11.8. The van der Waals surface area contributed by atoms with Crippen molar-refractivity contribution in [3.63, 3.8) is 0 Å². The Morgan fingerprint density at radius 2 is 2.19 bits per heavy atom. The second-order valence-corrected chi connectivity index (χ2v) is 5.95. The minimum atomic E-state index is -0.247. The predicted octanol–water partition coefficient (Wildman–Crippen LogP) is 4.22. The summed E-state index contributed by atoms with van der Waals surface area (Å²) in [5.41, 5.74) is 3.39. The summed E-state index contributed by atoms with van der Waals surface area (Å²) in [7, 11) is 0. The highest BCUT2D eigenvalue weighted by Gasteiger charge is 2.23. The molecule has 0 saturated heterocycles. The van der Waals surface area contributed by atoms with Crippen LogP contribution in [0.15, 0.2) is 40.9 Å². The molecule has 0 spiro atoms. The molecule has 0 saturated carbocycles. The number of benzene rings is 2. The third-order valence-corrected chi connectivity index (χ3v) is 4.35. The largest absolute Gasteiger partial charge is 0.493 e. The van der Waals surface area contributed by atoms with Gasteiger partial charge in [-0.3, -0.25) is 0 Å². The number of hydrogen-bond donors (Lipinski definition) is 1. The summed E-state index contributed by atoms with van der Waals surface area (Å²) in [5.74, 6) is 0.729. The number of fused-ring (bicyclic) bond motifs is 1. The minimum Gasteiger partial charge on any atom is -0.493 e. The molecule has 0 amide bonds. The van der Waals surface area contributed by atoms with Crippen molar-refractivity contribution in [2.24, 2.45) is 0 Å². The van der Waals surface area contributed by atoms with E-state index < -0.39 is 0 Å². The molecule has 0 aromatic heterocycles. The quantitative estimate of drug-likeness (QED) is 0.891. The van der Waals surface area contributed by atoms with Crippen LogP contribution in [-0.4, -0.2) is 13.2 Å². The fourth-order valence-corrected chi connectivity index (χ4v) is 3.17. The smallest absolute Gasteiger partial charge is 0.137 e. The molecule has 2 nitrogen and oxygen atoms in total. The fraction of sp³-hybridized carbons (Fsp3) is 0.294. The van der Waals surface area contributed by atoms with Gasteiger partial charge in [-0.2, -0.15) is 0 Å². The highest BCUT2D eigenvalue weighted by Crippen LogP contribution is 2.36. The van der Waals surface area contributed by atoms with Gasteiger partial charge in [-0.25, -0.2) is 4.39 Å². The average Bonchev–Trinajstić information content (AvgIpc) is 2.96. The van der Waals surface area contributed by atoms with Gasteiger partial charge in [0.05, 0.1) is 17.1 Å². The molecule has 1 heterocycles. The Morgan fingerprint density at radius 3 is 2.95 bits per heavy atom. The number of ether oxygens (including phenoxy) is 1. The van der Waals surface area contributed by atoms with Crippen molar-refractivity contribution in [1.29, 1.82) is 0 Å². The summed E-state index contributed by atoms with van der Waals surface area (Å²) in [6, 6.07) is 11.4. The van der Waals surface area contributed by atoms with Crippen LogP contribution in [0.25, 0.3) is 0 Å². The van der Waals surface area contributed by atoms with Crippen LogP contribution in [0.4, 0.5) is 4.39 Å². The van der Waals surface area contributed by atoms with Crippen molar-refractivity contribution < 1.29 is 9.13 Å². The van der Waals surface area contributed by atoms with E-state index in [1.807, 2.05) is 12.1 Å². The van der Waals surface area contributed by atoms with E-state index in [1.165, 1.54) is 11.6 Å². The number of halogens is 2. The SMILES string of the molecule is CCNC(c1ccc(F)c(Br)c1)c1cccc2c1OCC2. The van der Waals surface area contributed by atoms with Crippen LogP contribution in [-0.2, 0) is 6.42 Å². The van der Waals surface area contributed by atoms with E-state index in [-0.39, 0.29) is 11.9 Å².